The predicted molar refractivity (Wildman–Crippen MR) is 102 cm³/mol. The monoisotopic (exact) mass is 354 g/mol. The van der Waals surface area contributed by atoms with E-state index in [9.17, 15) is 4.79 Å². The minimum absolute atomic E-state index is 0.00459. The van der Waals surface area contributed by atoms with Gasteiger partial charge >= 0.3 is 0 Å². The molecule has 0 spiro atoms. The third kappa shape index (κ3) is 3.49. The Labute approximate surface area is 154 Å². The van der Waals surface area contributed by atoms with Crippen molar-refractivity contribution in [2.24, 2.45) is 0 Å². The summed E-state index contributed by atoms with van der Waals surface area (Å²) in [6, 6.07) is 8.07. The zero-order chi connectivity index (χ0) is 18.9. The molecule has 0 saturated carbocycles. The van der Waals surface area contributed by atoms with Crippen molar-refractivity contribution in [2.45, 2.75) is 33.2 Å². The fraction of sp³-hybridized carbons (Fsp3) is 0.450. The third-order valence-electron chi connectivity index (χ3n) is 4.90. The molecule has 0 unspecified atom stereocenters. The highest BCUT2D eigenvalue weighted by molar-refractivity contribution is 5.95. The number of hydrogen-bond donors (Lipinski definition) is 0. The molecule has 6 nitrogen and oxygen atoms in total. The number of methoxy groups -OCH3 is 1. The molecule has 0 bridgehead atoms. The van der Waals surface area contributed by atoms with Gasteiger partial charge in [0.2, 0.25) is 0 Å². The molecule has 6 heteroatoms. The van der Waals surface area contributed by atoms with E-state index in [0.29, 0.717) is 24.5 Å². The summed E-state index contributed by atoms with van der Waals surface area (Å²) in [7, 11) is 1.67. The lowest BCUT2D eigenvalue weighted by Crippen LogP contribution is -2.60. The van der Waals surface area contributed by atoms with Crippen LogP contribution in [0.2, 0.25) is 0 Å². The standard InChI is InChI=1S/C20H26N4O2/c1-14-18(12-21-15(2)22-14)19(25)23-10-11-24(20(3,4)13-23)16-6-8-17(26-5)9-7-16/h6-9,12H,10-11,13H2,1-5H3. The number of benzene rings is 1. The first-order chi connectivity index (χ1) is 12.3. The molecular formula is C20H26N4O2. The van der Waals surface area contributed by atoms with Crippen molar-refractivity contribution in [1.29, 1.82) is 0 Å². The normalized spacial score (nSPS) is 16.5. The highest BCUT2D eigenvalue weighted by atomic mass is 16.5. The molecule has 1 aliphatic heterocycles. The molecule has 0 N–H and O–H groups in total. The molecule has 26 heavy (non-hydrogen) atoms. The Bertz CT molecular complexity index is 802. The van der Waals surface area contributed by atoms with Crippen LogP contribution in [0.15, 0.2) is 30.5 Å². The Balaban J connectivity index is 1.78. The van der Waals surface area contributed by atoms with Crippen LogP contribution >= 0.6 is 0 Å². The van der Waals surface area contributed by atoms with Gasteiger partial charge in [-0.1, -0.05) is 0 Å². The van der Waals surface area contributed by atoms with Crippen molar-refractivity contribution in [3.05, 3.63) is 47.5 Å². The van der Waals surface area contributed by atoms with Crippen LogP contribution in [0, 0.1) is 13.8 Å². The molecule has 3 rings (SSSR count). The van der Waals surface area contributed by atoms with Gasteiger partial charge in [-0.15, -0.1) is 0 Å². The number of hydrogen-bond acceptors (Lipinski definition) is 5. The first-order valence-electron chi connectivity index (χ1n) is 8.83. The van der Waals surface area contributed by atoms with Crippen LogP contribution in [-0.4, -0.2) is 53.1 Å². The van der Waals surface area contributed by atoms with Gasteiger partial charge < -0.3 is 14.5 Å². The topological polar surface area (TPSA) is 58.6 Å². The maximum Gasteiger partial charge on any atom is 0.257 e. The van der Waals surface area contributed by atoms with Crippen LogP contribution in [0.5, 0.6) is 5.75 Å². The molecule has 1 fully saturated rings. The van der Waals surface area contributed by atoms with Gasteiger partial charge in [-0.25, -0.2) is 9.97 Å². The molecule has 0 radical (unpaired) electrons. The molecule has 138 valence electrons. The van der Waals surface area contributed by atoms with E-state index in [1.165, 1.54) is 0 Å². The quantitative estimate of drug-likeness (QED) is 0.848. The number of piperazine rings is 1. The van der Waals surface area contributed by atoms with Gasteiger partial charge in [-0.05, 0) is 52.0 Å². The van der Waals surface area contributed by atoms with Gasteiger partial charge in [-0.2, -0.15) is 0 Å². The number of anilines is 1. The van der Waals surface area contributed by atoms with Crippen LogP contribution in [0.4, 0.5) is 5.69 Å². The molecule has 0 atom stereocenters. The maximum absolute atomic E-state index is 13.0. The molecule has 2 aromatic rings. The molecule has 1 saturated heterocycles. The van der Waals surface area contributed by atoms with Crippen LogP contribution in [-0.2, 0) is 0 Å². The average molecular weight is 354 g/mol. The number of aryl methyl sites for hydroxylation is 2. The maximum atomic E-state index is 13.0. The Kier molecular flexibility index (Phi) is 4.85. The lowest BCUT2D eigenvalue weighted by Gasteiger charge is -2.48. The second-order valence-corrected chi connectivity index (χ2v) is 7.31. The van der Waals surface area contributed by atoms with E-state index < -0.39 is 0 Å². The van der Waals surface area contributed by atoms with Crippen molar-refractivity contribution in [1.82, 2.24) is 14.9 Å². The lowest BCUT2D eigenvalue weighted by molar-refractivity contribution is 0.0684. The second kappa shape index (κ2) is 6.94. The first kappa shape index (κ1) is 18.2. The van der Waals surface area contributed by atoms with E-state index >= 15 is 0 Å². The summed E-state index contributed by atoms with van der Waals surface area (Å²) in [6.07, 6.45) is 1.64. The van der Waals surface area contributed by atoms with Crippen molar-refractivity contribution >= 4 is 11.6 Å². The Hall–Kier alpha value is -2.63. The predicted octanol–water partition coefficient (Wildman–Crippen LogP) is 2.84. The summed E-state index contributed by atoms with van der Waals surface area (Å²) in [6.45, 7) is 10.1. The van der Waals surface area contributed by atoms with E-state index in [4.69, 9.17) is 4.74 Å². The number of carbonyl (C=O) groups is 1. The fourth-order valence-electron chi connectivity index (χ4n) is 3.53. The molecule has 0 aliphatic carbocycles. The number of amides is 1. The van der Waals surface area contributed by atoms with Crippen molar-refractivity contribution in [3.8, 4) is 5.75 Å². The Morgan fingerprint density at radius 2 is 1.85 bits per heavy atom. The number of rotatable bonds is 3. The largest absolute Gasteiger partial charge is 0.497 e. The number of nitrogens with zero attached hydrogens (tertiary/aromatic N) is 4. The van der Waals surface area contributed by atoms with E-state index in [1.54, 1.807) is 13.3 Å². The molecule has 2 heterocycles. The van der Waals surface area contributed by atoms with Crippen LogP contribution < -0.4 is 9.64 Å². The van der Waals surface area contributed by atoms with E-state index in [2.05, 4.69) is 40.8 Å². The van der Waals surface area contributed by atoms with Gasteiger partial charge in [0, 0.05) is 31.5 Å². The molecular weight excluding hydrogens is 328 g/mol. The summed E-state index contributed by atoms with van der Waals surface area (Å²) in [5.41, 5.74) is 2.28. The number of carbonyl (C=O) groups excluding carboxylic acids is 1. The fourth-order valence-corrected chi connectivity index (χ4v) is 3.53. The highest BCUT2D eigenvalue weighted by Gasteiger charge is 2.36. The average Bonchev–Trinajstić information content (AvgIpc) is 2.60. The van der Waals surface area contributed by atoms with E-state index in [-0.39, 0.29) is 11.4 Å². The van der Waals surface area contributed by atoms with E-state index in [0.717, 1.165) is 23.7 Å². The van der Waals surface area contributed by atoms with Gasteiger partial charge in [0.15, 0.2) is 0 Å². The zero-order valence-corrected chi connectivity index (χ0v) is 16.1. The summed E-state index contributed by atoms with van der Waals surface area (Å²) >= 11 is 0. The van der Waals surface area contributed by atoms with Gasteiger partial charge in [0.1, 0.15) is 11.6 Å². The summed E-state index contributed by atoms with van der Waals surface area (Å²) in [5.74, 6) is 1.53. The van der Waals surface area contributed by atoms with Crippen molar-refractivity contribution < 1.29 is 9.53 Å². The van der Waals surface area contributed by atoms with Crippen LogP contribution in [0.3, 0.4) is 0 Å². The first-order valence-corrected chi connectivity index (χ1v) is 8.83. The summed E-state index contributed by atoms with van der Waals surface area (Å²) in [5, 5.41) is 0. The van der Waals surface area contributed by atoms with Crippen molar-refractivity contribution in [2.75, 3.05) is 31.6 Å². The Morgan fingerprint density at radius 3 is 2.42 bits per heavy atom. The third-order valence-corrected chi connectivity index (χ3v) is 4.90. The summed E-state index contributed by atoms with van der Waals surface area (Å²) in [4.78, 5) is 25.7. The zero-order valence-electron chi connectivity index (χ0n) is 16.1. The lowest BCUT2D eigenvalue weighted by atomic mass is 9.97. The highest BCUT2D eigenvalue weighted by Crippen LogP contribution is 2.30. The number of aromatic nitrogens is 2. The molecule has 1 aromatic carbocycles. The van der Waals surface area contributed by atoms with E-state index in [1.807, 2.05) is 30.9 Å². The van der Waals surface area contributed by atoms with Gasteiger partial charge in [0.05, 0.1) is 23.9 Å². The van der Waals surface area contributed by atoms with Crippen LogP contribution in [0.1, 0.15) is 35.7 Å². The molecule has 1 aliphatic rings. The van der Waals surface area contributed by atoms with Crippen molar-refractivity contribution in [3.63, 3.8) is 0 Å². The minimum Gasteiger partial charge on any atom is -0.497 e. The molecule has 1 aromatic heterocycles. The minimum atomic E-state index is -0.179. The summed E-state index contributed by atoms with van der Waals surface area (Å²) < 4.78 is 5.24. The van der Waals surface area contributed by atoms with Gasteiger partial charge in [-0.3, -0.25) is 4.79 Å². The smallest absolute Gasteiger partial charge is 0.257 e. The van der Waals surface area contributed by atoms with Gasteiger partial charge in [0.25, 0.3) is 5.91 Å². The molecule has 1 amide bonds. The number of ether oxygens (including phenoxy) is 1. The van der Waals surface area contributed by atoms with Crippen LogP contribution in [0.25, 0.3) is 0 Å². The Morgan fingerprint density at radius 1 is 1.15 bits per heavy atom. The SMILES string of the molecule is COc1ccc(N2CCN(C(=O)c3cnc(C)nc3C)CC2(C)C)cc1. The second-order valence-electron chi connectivity index (χ2n) is 7.31.